The predicted octanol–water partition coefficient (Wildman–Crippen LogP) is 3.30. The molecule has 1 atom stereocenters. The zero-order valence-electron chi connectivity index (χ0n) is 16.4. The lowest BCUT2D eigenvalue weighted by Gasteiger charge is -2.27. The summed E-state index contributed by atoms with van der Waals surface area (Å²) in [7, 11) is 1.60. The molecular formula is C22H26N2O5. The van der Waals surface area contributed by atoms with Gasteiger partial charge in [0.2, 0.25) is 0 Å². The van der Waals surface area contributed by atoms with Gasteiger partial charge in [-0.15, -0.1) is 0 Å². The molecule has 1 heterocycles. The normalized spacial score (nSPS) is 15.3. The molecule has 0 spiro atoms. The topological polar surface area (TPSA) is 96.9 Å². The second kappa shape index (κ2) is 9.93. The first-order valence-electron chi connectivity index (χ1n) is 9.67. The summed E-state index contributed by atoms with van der Waals surface area (Å²) in [5.74, 6) is -1.06. The van der Waals surface area contributed by atoms with Gasteiger partial charge in [-0.2, -0.15) is 0 Å². The van der Waals surface area contributed by atoms with Gasteiger partial charge in [0.25, 0.3) is 5.91 Å². The van der Waals surface area contributed by atoms with Crippen LogP contribution in [0.25, 0.3) is 0 Å². The number of hydrogen-bond acceptors (Lipinski definition) is 5. The summed E-state index contributed by atoms with van der Waals surface area (Å²) in [6.07, 6.45) is 1.39. The number of nitrogens with one attached hydrogen (secondary N) is 2. The number of ether oxygens (including phenoxy) is 2. The number of carboxylic acid groups (broad SMARTS) is 1. The second-order valence-corrected chi connectivity index (χ2v) is 7.00. The molecule has 0 aromatic heterocycles. The number of benzene rings is 2. The van der Waals surface area contributed by atoms with Crippen LogP contribution in [0, 0.1) is 11.8 Å². The fourth-order valence-corrected chi connectivity index (χ4v) is 3.49. The SMILES string of the molecule is COc1ccc(Nc2ccccc2C(=O)NCC(C(=O)O)C2CCOCC2)cc1. The lowest BCUT2D eigenvalue weighted by molar-refractivity contribution is -0.144. The molecule has 0 radical (unpaired) electrons. The highest BCUT2D eigenvalue weighted by molar-refractivity contribution is 6.00. The van der Waals surface area contributed by atoms with E-state index < -0.39 is 11.9 Å². The molecule has 1 aliphatic heterocycles. The van der Waals surface area contributed by atoms with Gasteiger partial charge >= 0.3 is 5.97 Å². The molecule has 2 aromatic rings. The Morgan fingerprint density at radius 2 is 1.83 bits per heavy atom. The van der Waals surface area contributed by atoms with Crippen LogP contribution in [0.2, 0.25) is 0 Å². The summed E-state index contributed by atoms with van der Waals surface area (Å²) < 4.78 is 10.5. The van der Waals surface area contributed by atoms with Crippen molar-refractivity contribution in [3.63, 3.8) is 0 Å². The predicted molar refractivity (Wildman–Crippen MR) is 110 cm³/mol. The number of rotatable bonds is 8. The molecule has 1 unspecified atom stereocenters. The molecule has 1 fully saturated rings. The van der Waals surface area contributed by atoms with Crippen LogP contribution >= 0.6 is 0 Å². The summed E-state index contributed by atoms with van der Waals surface area (Å²) >= 11 is 0. The van der Waals surface area contributed by atoms with Crippen LogP contribution in [0.15, 0.2) is 48.5 Å². The van der Waals surface area contributed by atoms with E-state index in [2.05, 4.69) is 10.6 Å². The van der Waals surface area contributed by atoms with E-state index in [9.17, 15) is 14.7 Å². The summed E-state index contributed by atoms with van der Waals surface area (Å²) in [4.78, 5) is 24.5. The van der Waals surface area contributed by atoms with Gasteiger partial charge in [0.05, 0.1) is 24.3 Å². The molecule has 29 heavy (non-hydrogen) atoms. The number of carbonyl (C=O) groups excluding carboxylic acids is 1. The van der Waals surface area contributed by atoms with Gasteiger partial charge in [0.15, 0.2) is 0 Å². The number of para-hydroxylation sites is 1. The molecule has 1 aliphatic rings. The molecule has 0 aliphatic carbocycles. The number of methoxy groups -OCH3 is 1. The van der Waals surface area contributed by atoms with Crippen molar-refractivity contribution in [1.29, 1.82) is 0 Å². The molecule has 7 nitrogen and oxygen atoms in total. The summed E-state index contributed by atoms with van der Waals surface area (Å²) in [5.41, 5.74) is 1.92. The number of carboxylic acids is 1. The summed E-state index contributed by atoms with van der Waals surface area (Å²) in [6.45, 7) is 1.23. The van der Waals surface area contributed by atoms with Crippen LogP contribution in [0.4, 0.5) is 11.4 Å². The highest BCUT2D eigenvalue weighted by atomic mass is 16.5. The maximum Gasteiger partial charge on any atom is 0.308 e. The fourth-order valence-electron chi connectivity index (χ4n) is 3.49. The van der Waals surface area contributed by atoms with E-state index in [1.807, 2.05) is 36.4 Å². The van der Waals surface area contributed by atoms with Crippen molar-refractivity contribution in [2.24, 2.45) is 11.8 Å². The Labute approximate surface area is 170 Å². The Bertz CT molecular complexity index is 831. The van der Waals surface area contributed by atoms with Gasteiger partial charge in [-0.3, -0.25) is 9.59 Å². The molecule has 1 amide bonds. The largest absolute Gasteiger partial charge is 0.497 e. The second-order valence-electron chi connectivity index (χ2n) is 7.00. The maximum absolute atomic E-state index is 12.8. The molecular weight excluding hydrogens is 372 g/mol. The summed E-state index contributed by atoms with van der Waals surface area (Å²) in [5, 5.41) is 15.6. The fraction of sp³-hybridized carbons (Fsp3) is 0.364. The highest BCUT2D eigenvalue weighted by Crippen LogP contribution is 2.25. The van der Waals surface area contributed by atoms with Crippen molar-refractivity contribution in [2.45, 2.75) is 12.8 Å². The quantitative estimate of drug-likeness (QED) is 0.631. The minimum absolute atomic E-state index is 0.00854. The zero-order valence-corrected chi connectivity index (χ0v) is 16.4. The van der Waals surface area contributed by atoms with Crippen molar-refractivity contribution < 1.29 is 24.2 Å². The Morgan fingerprint density at radius 1 is 1.14 bits per heavy atom. The van der Waals surface area contributed by atoms with Gasteiger partial charge < -0.3 is 25.2 Å². The van der Waals surface area contributed by atoms with Crippen LogP contribution in [-0.4, -0.2) is 43.9 Å². The van der Waals surface area contributed by atoms with Crippen LogP contribution in [0.1, 0.15) is 23.2 Å². The number of carbonyl (C=O) groups is 2. The molecule has 154 valence electrons. The van der Waals surface area contributed by atoms with Crippen LogP contribution in [0.5, 0.6) is 5.75 Å². The highest BCUT2D eigenvalue weighted by Gasteiger charge is 2.30. The van der Waals surface area contributed by atoms with Crippen molar-refractivity contribution in [2.75, 3.05) is 32.2 Å². The smallest absolute Gasteiger partial charge is 0.308 e. The van der Waals surface area contributed by atoms with Crippen molar-refractivity contribution in [3.8, 4) is 5.75 Å². The third-order valence-electron chi connectivity index (χ3n) is 5.18. The van der Waals surface area contributed by atoms with Crippen molar-refractivity contribution in [3.05, 3.63) is 54.1 Å². The molecule has 3 rings (SSSR count). The standard InChI is InChI=1S/C22H26N2O5/c1-28-17-8-6-16(7-9-17)24-20-5-3-2-4-18(20)21(25)23-14-19(22(26)27)15-10-12-29-13-11-15/h2-9,15,19,24H,10-14H2,1H3,(H,23,25)(H,26,27). The van der Waals surface area contributed by atoms with Crippen LogP contribution in [0.3, 0.4) is 0 Å². The third kappa shape index (κ3) is 5.48. The maximum atomic E-state index is 12.8. The third-order valence-corrected chi connectivity index (χ3v) is 5.18. The van der Waals surface area contributed by atoms with E-state index in [-0.39, 0.29) is 18.4 Å². The lowest BCUT2D eigenvalue weighted by Crippen LogP contribution is -2.39. The number of hydrogen-bond donors (Lipinski definition) is 3. The van der Waals surface area contributed by atoms with Gasteiger partial charge in [-0.1, -0.05) is 12.1 Å². The molecule has 7 heteroatoms. The lowest BCUT2D eigenvalue weighted by atomic mass is 9.86. The first-order valence-corrected chi connectivity index (χ1v) is 9.67. The van der Waals surface area contributed by atoms with E-state index in [0.29, 0.717) is 37.3 Å². The van der Waals surface area contributed by atoms with Gasteiger partial charge in [0.1, 0.15) is 5.75 Å². The van der Waals surface area contributed by atoms with Crippen LogP contribution in [-0.2, 0) is 9.53 Å². The molecule has 3 N–H and O–H groups in total. The molecule has 1 saturated heterocycles. The zero-order chi connectivity index (χ0) is 20.6. The van der Waals surface area contributed by atoms with E-state index in [1.165, 1.54) is 0 Å². The minimum atomic E-state index is -0.887. The average molecular weight is 398 g/mol. The Hall–Kier alpha value is -3.06. The van der Waals surface area contributed by atoms with Gasteiger partial charge in [-0.05, 0) is 55.2 Å². The van der Waals surface area contributed by atoms with E-state index in [0.717, 1.165) is 11.4 Å². The van der Waals surface area contributed by atoms with Crippen LogP contribution < -0.4 is 15.4 Å². The molecule has 0 saturated carbocycles. The Morgan fingerprint density at radius 3 is 2.48 bits per heavy atom. The van der Waals surface area contributed by atoms with E-state index in [1.54, 1.807) is 19.2 Å². The summed E-state index contributed by atoms with van der Waals surface area (Å²) in [6, 6.07) is 14.5. The Balaban J connectivity index is 1.67. The minimum Gasteiger partial charge on any atom is -0.497 e. The number of amides is 1. The number of aliphatic carboxylic acids is 1. The Kier molecular flexibility index (Phi) is 7.08. The average Bonchev–Trinajstić information content (AvgIpc) is 2.75. The molecule has 0 bridgehead atoms. The number of anilines is 2. The molecule has 2 aromatic carbocycles. The monoisotopic (exact) mass is 398 g/mol. The van der Waals surface area contributed by atoms with E-state index in [4.69, 9.17) is 9.47 Å². The van der Waals surface area contributed by atoms with Crippen molar-refractivity contribution in [1.82, 2.24) is 5.32 Å². The van der Waals surface area contributed by atoms with Gasteiger partial charge in [-0.25, -0.2) is 0 Å². The van der Waals surface area contributed by atoms with Crippen molar-refractivity contribution >= 4 is 23.3 Å². The van der Waals surface area contributed by atoms with E-state index >= 15 is 0 Å². The first-order chi connectivity index (χ1) is 14.1. The first kappa shape index (κ1) is 20.7. The van der Waals surface area contributed by atoms with Gasteiger partial charge in [0, 0.05) is 25.4 Å².